The number of fused-ring (bicyclic) bond motifs is 6. The number of rotatable bonds is 5. The predicted octanol–water partition coefficient (Wildman–Crippen LogP) is 10.7. The van der Waals surface area contributed by atoms with Crippen LogP contribution in [0.5, 0.6) is 0 Å². The highest BCUT2D eigenvalue weighted by Crippen LogP contribution is 2.50. The molecule has 0 aromatic heterocycles. The molecule has 8 rings (SSSR count). The van der Waals surface area contributed by atoms with E-state index in [-0.39, 0.29) is 10.8 Å². The summed E-state index contributed by atoms with van der Waals surface area (Å²) in [6.07, 6.45) is 10.8. The van der Waals surface area contributed by atoms with Crippen LogP contribution in [0.4, 0.5) is 11.4 Å². The fourth-order valence-electron chi connectivity index (χ4n) is 9.03. The van der Waals surface area contributed by atoms with Crippen LogP contribution in [-0.2, 0) is 20.7 Å². The normalized spacial score (nSPS) is 20.0. The van der Waals surface area contributed by atoms with Crippen molar-refractivity contribution in [1.29, 1.82) is 0 Å². The van der Waals surface area contributed by atoms with E-state index in [1.807, 2.05) is 18.2 Å². The van der Waals surface area contributed by atoms with Gasteiger partial charge in [0.1, 0.15) is 7.05 Å². The van der Waals surface area contributed by atoms with Gasteiger partial charge in [-0.05, 0) is 102 Å². The molecule has 0 saturated heterocycles. The highest BCUT2D eigenvalue weighted by Gasteiger charge is 2.44. The molecule has 0 saturated carbocycles. The minimum absolute atomic E-state index is 0.268. The highest BCUT2D eigenvalue weighted by atomic mass is 32.2. The Morgan fingerprint density at radius 1 is 0.686 bits per heavy atom. The lowest BCUT2D eigenvalue weighted by Crippen LogP contribution is -2.27. The summed E-state index contributed by atoms with van der Waals surface area (Å²) in [6, 6.07) is 34.9. The molecule has 0 spiro atoms. The topological polar surface area (TPSA) is 40.4 Å². The van der Waals surface area contributed by atoms with Crippen LogP contribution in [0.25, 0.3) is 21.5 Å². The second-order valence-electron chi connectivity index (χ2n) is 15.2. The van der Waals surface area contributed by atoms with E-state index in [1.165, 1.54) is 44.0 Å². The van der Waals surface area contributed by atoms with Crippen molar-refractivity contribution >= 4 is 48.5 Å². The Balaban J connectivity index is 1.26. The van der Waals surface area contributed by atoms with Gasteiger partial charge in [-0.25, -0.2) is 8.42 Å². The molecule has 0 bridgehead atoms. The van der Waals surface area contributed by atoms with Crippen molar-refractivity contribution < 1.29 is 13.0 Å². The summed E-state index contributed by atoms with van der Waals surface area (Å²) >= 11 is 0. The molecule has 256 valence electrons. The van der Waals surface area contributed by atoms with Gasteiger partial charge in [0, 0.05) is 41.6 Å². The van der Waals surface area contributed by atoms with Crippen molar-refractivity contribution in [3.8, 4) is 0 Å². The van der Waals surface area contributed by atoms with Gasteiger partial charge in [0.2, 0.25) is 15.5 Å². The number of likely N-dealkylation sites (N-methyl/N-ethyl adjacent to an activating group) is 1. The summed E-state index contributed by atoms with van der Waals surface area (Å²) in [5, 5.41) is 4.97. The van der Waals surface area contributed by atoms with E-state index in [9.17, 15) is 8.42 Å². The predicted molar refractivity (Wildman–Crippen MR) is 213 cm³/mol. The van der Waals surface area contributed by atoms with E-state index < -0.39 is 9.84 Å². The molecular formula is C46H45N2O2S+. The Morgan fingerprint density at radius 3 is 2.02 bits per heavy atom. The first-order chi connectivity index (χ1) is 24.4. The van der Waals surface area contributed by atoms with Crippen molar-refractivity contribution in [1.82, 2.24) is 0 Å². The van der Waals surface area contributed by atoms with Crippen molar-refractivity contribution in [2.45, 2.75) is 62.7 Å². The molecule has 2 heterocycles. The van der Waals surface area contributed by atoms with Crippen LogP contribution < -0.4 is 4.90 Å². The van der Waals surface area contributed by atoms with E-state index in [0.717, 1.165) is 29.0 Å². The number of hydrogen-bond acceptors (Lipinski definition) is 3. The Hall–Kier alpha value is -5.00. The minimum atomic E-state index is -3.81. The van der Waals surface area contributed by atoms with E-state index >= 15 is 0 Å². The minimum Gasteiger partial charge on any atom is -0.347 e. The highest BCUT2D eigenvalue weighted by molar-refractivity contribution is 7.95. The molecule has 0 atom stereocenters. The fraction of sp³-hybridized carbons (Fsp3) is 0.239. The van der Waals surface area contributed by atoms with Gasteiger partial charge in [-0.15, -0.1) is 0 Å². The molecule has 5 aromatic carbocycles. The first-order valence-corrected chi connectivity index (χ1v) is 19.4. The SMILES string of the molecule is CN1/C(=C/C=C2\CCCC(/C=C/C3=[N+](C)c4ccc5ccccc5c4C3(C)C)=C2S(=O)(=O)c2ccccc2)C(C)(C)c2c1ccc1ccccc21. The van der Waals surface area contributed by atoms with Gasteiger partial charge in [-0.2, -0.15) is 4.58 Å². The number of nitrogens with zero attached hydrogens (tertiary/aromatic N) is 2. The molecule has 0 N–H and O–H groups in total. The molecule has 4 nitrogen and oxygen atoms in total. The molecule has 3 aliphatic rings. The second kappa shape index (κ2) is 12.1. The summed E-state index contributed by atoms with van der Waals surface area (Å²) in [4.78, 5) is 3.04. The maximum atomic E-state index is 14.7. The lowest BCUT2D eigenvalue weighted by Gasteiger charge is -2.25. The molecule has 5 aromatic rings. The van der Waals surface area contributed by atoms with Gasteiger partial charge in [0.25, 0.3) is 0 Å². The zero-order valence-electron chi connectivity index (χ0n) is 30.4. The van der Waals surface area contributed by atoms with Crippen LogP contribution in [-0.4, -0.2) is 32.8 Å². The standard InChI is InChI=1S/C46H45N2O2S/c1-45(2)40(47(5)38-27-23-31-15-10-12-21-36(31)42(38)45)29-25-33-17-14-18-34(44(33)51(49,50)35-19-8-7-9-20-35)26-30-41-46(3,4)43-37-22-13-11-16-32(37)24-28-39(43)48(41)6/h7-13,15-16,19-30H,14,17-18H2,1-6H3/q+1. The lowest BCUT2D eigenvalue weighted by atomic mass is 9.78. The molecule has 51 heavy (non-hydrogen) atoms. The summed E-state index contributed by atoms with van der Waals surface area (Å²) in [5.41, 5.74) is 8.48. The van der Waals surface area contributed by atoms with Crippen molar-refractivity contribution in [3.05, 3.63) is 160 Å². The summed E-state index contributed by atoms with van der Waals surface area (Å²) in [6.45, 7) is 9.10. The number of allylic oxidation sites excluding steroid dienone is 7. The third-order valence-corrected chi connectivity index (χ3v) is 13.4. The Morgan fingerprint density at radius 2 is 1.31 bits per heavy atom. The second-order valence-corrected chi connectivity index (χ2v) is 17.1. The number of sulfone groups is 1. The molecular weight excluding hydrogens is 645 g/mol. The van der Waals surface area contributed by atoms with Crippen LogP contribution in [0.2, 0.25) is 0 Å². The van der Waals surface area contributed by atoms with Gasteiger partial charge < -0.3 is 4.90 Å². The monoisotopic (exact) mass is 689 g/mol. The van der Waals surface area contributed by atoms with E-state index in [0.29, 0.717) is 22.6 Å². The van der Waals surface area contributed by atoms with Gasteiger partial charge in [0.05, 0.1) is 15.2 Å². The van der Waals surface area contributed by atoms with E-state index in [1.54, 1.807) is 12.1 Å². The van der Waals surface area contributed by atoms with Crippen LogP contribution in [0, 0.1) is 0 Å². The molecule has 2 aliphatic heterocycles. The lowest BCUT2D eigenvalue weighted by molar-refractivity contribution is -0.401. The Bertz CT molecular complexity index is 2530. The summed E-state index contributed by atoms with van der Waals surface area (Å²) < 4.78 is 31.6. The fourth-order valence-corrected chi connectivity index (χ4v) is 10.8. The summed E-state index contributed by atoms with van der Waals surface area (Å²) in [7, 11) is 0.438. The van der Waals surface area contributed by atoms with Crippen molar-refractivity contribution in [2.24, 2.45) is 0 Å². The van der Waals surface area contributed by atoms with E-state index in [2.05, 4.69) is 148 Å². The van der Waals surface area contributed by atoms with Crippen LogP contribution >= 0.6 is 0 Å². The van der Waals surface area contributed by atoms with Crippen LogP contribution in [0.15, 0.2) is 154 Å². The average molecular weight is 690 g/mol. The quantitative estimate of drug-likeness (QED) is 0.173. The molecule has 1 aliphatic carbocycles. The van der Waals surface area contributed by atoms with E-state index in [4.69, 9.17) is 0 Å². The van der Waals surface area contributed by atoms with Gasteiger partial charge in [0.15, 0.2) is 5.71 Å². The molecule has 5 heteroatoms. The first kappa shape index (κ1) is 33.2. The number of benzene rings is 5. The Labute approximate surface area is 302 Å². The maximum Gasteiger partial charge on any atom is 0.210 e. The van der Waals surface area contributed by atoms with Gasteiger partial charge in [-0.3, -0.25) is 0 Å². The summed E-state index contributed by atoms with van der Waals surface area (Å²) in [5.74, 6) is 0. The van der Waals surface area contributed by atoms with Gasteiger partial charge in [-0.1, -0.05) is 98.8 Å². The average Bonchev–Trinajstić information content (AvgIpc) is 3.46. The smallest absolute Gasteiger partial charge is 0.210 e. The number of hydrogen-bond donors (Lipinski definition) is 0. The third kappa shape index (κ3) is 5.16. The number of anilines is 1. The third-order valence-electron chi connectivity index (χ3n) is 11.5. The molecule has 0 amide bonds. The molecule has 0 radical (unpaired) electrons. The van der Waals surface area contributed by atoms with Gasteiger partial charge >= 0.3 is 0 Å². The molecule has 0 fully saturated rings. The van der Waals surface area contributed by atoms with Crippen molar-refractivity contribution in [2.75, 3.05) is 19.0 Å². The Kier molecular flexibility index (Phi) is 7.84. The zero-order chi connectivity index (χ0) is 35.7. The zero-order valence-corrected chi connectivity index (χ0v) is 31.2. The largest absolute Gasteiger partial charge is 0.347 e. The van der Waals surface area contributed by atoms with Crippen LogP contribution in [0.3, 0.4) is 0 Å². The maximum absolute atomic E-state index is 14.7. The van der Waals surface area contributed by atoms with Crippen molar-refractivity contribution in [3.63, 3.8) is 0 Å². The molecule has 0 unspecified atom stereocenters. The first-order valence-electron chi connectivity index (χ1n) is 17.9. The van der Waals surface area contributed by atoms with Crippen LogP contribution in [0.1, 0.15) is 58.1 Å².